The summed E-state index contributed by atoms with van der Waals surface area (Å²) in [6.45, 7) is 19.9. The van der Waals surface area contributed by atoms with Crippen LogP contribution in [0, 0.1) is 23.7 Å². The van der Waals surface area contributed by atoms with Crippen molar-refractivity contribution in [3.05, 3.63) is 143 Å². The minimum Gasteiger partial charge on any atom is -0.352 e. The van der Waals surface area contributed by atoms with Crippen molar-refractivity contribution in [2.45, 2.75) is 89.1 Å². The Balaban J connectivity index is 1.21. The van der Waals surface area contributed by atoms with Gasteiger partial charge in [-0.2, -0.15) is 0 Å². The number of hydrogen-bond acceptors (Lipinski definition) is 2. The molecule has 1 aliphatic rings. The normalized spacial score (nSPS) is 12.6. The van der Waals surface area contributed by atoms with E-state index < -0.39 is 0 Å². The van der Waals surface area contributed by atoms with Crippen molar-refractivity contribution in [1.82, 2.24) is 9.13 Å². The number of para-hydroxylation sites is 4. The van der Waals surface area contributed by atoms with Gasteiger partial charge in [-0.1, -0.05) is 138 Å². The van der Waals surface area contributed by atoms with E-state index in [-0.39, 0.29) is 10.8 Å². The van der Waals surface area contributed by atoms with Crippen LogP contribution in [-0.2, 0) is 23.9 Å². The van der Waals surface area contributed by atoms with Crippen LogP contribution in [-0.4, -0.2) is 9.13 Å². The summed E-state index contributed by atoms with van der Waals surface area (Å²) in [5.74, 6) is 14.7. The van der Waals surface area contributed by atoms with Crippen LogP contribution in [0.2, 0.25) is 0 Å². The van der Waals surface area contributed by atoms with E-state index in [2.05, 4.69) is 203 Å². The summed E-state index contributed by atoms with van der Waals surface area (Å²) < 4.78 is 4.80. The van der Waals surface area contributed by atoms with Gasteiger partial charge >= 0.3 is 0 Å². The topological polar surface area (TPSA) is 21.9 Å². The minimum absolute atomic E-state index is 0.0488. The molecule has 0 bridgehead atoms. The van der Waals surface area contributed by atoms with Crippen LogP contribution in [0.5, 0.6) is 0 Å². The van der Waals surface area contributed by atoms with Crippen molar-refractivity contribution in [2.24, 2.45) is 0 Å². The quantitative estimate of drug-likeness (QED) is 0.178. The average molecular weight is 746 g/mol. The van der Waals surface area contributed by atoms with Gasteiger partial charge in [-0.25, -0.2) is 0 Å². The van der Waals surface area contributed by atoms with Gasteiger partial charge in [-0.15, -0.1) is 0 Å². The number of anilines is 2. The van der Waals surface area contributed by atoms with E-state index in [0.717, 1.165) is 46.7 Å². The molecule has 0 radical (unpaired) electrons. The summed E-state index contributed by atoms with van der Waals surface area (Å²) in [5, 5.41) is 8.96. The Kier molecular flexibility index (Phi) is 8.61. The lowest BCUT2D eigenvalue weighted by Gasteiger charge is -2.29. The molecule has 56 heavy (non-hydrogen) atoms. The second-order valence-electron chi connectivity index (χ2n) is 16.9. The summed E-state index contributed by atoms with van der Waals surface area (Å²) in [6.07, 6.45) is 0. The predicted octanol–water partition coefficient (Wildman–Crippen LogP) is 13.5. The molecule has 0 saturated heterocycles. The zero-order valence-corrected chi connectivity index (χ0v) is 34.4. The minimum atomic E-state index is -0.0488. The van der Waals surface area contributed by atoms with Crippen molar-refractivity contribution < 1.29 is 0 Å². The zero-order chi connectivity index (χ0) is 38.9. The summed E-state index contributed by atoms with van der Waals surface area (Å²) in [7, 11) is 0. The van der Waals surface area contributed by atoms with E-state index >= 15 is 0 Å². The molecule has 2 aromatic heterocycles. The van der Waals surface area contributed by atoms with Gasteiger partial charge in [0.25, 0.3) is 0 Å². The van der Waals surface area contributed by atoms with E-state index in [4.69, 9.17) is 0 Å². The summed E-state index contributed by atoms with van der Waals surface area (Å²) in [4.78, 5) is 2.38. The third-order valence-corrected chi connectivity index (χ3v) is 12.4. The number of hydrogen-bond donors (Lipinski definition) is 1. The molecule has 6 aromatic carbocycles. The van der Waals surface area contributed by atoms with Crippen LogP contribution < -0.4 is 5.32 Å². The Labute approximate surface area is 335 Å². The molecule has 3 heterocycles. The van der Waals surface area contributed by atoms with Crippen molar-refractivity contribution in [1.29, 1.82) is 0 Å². The van der Waals surface area contributed by atoms with E-state index in [0.29, 0.717) is 0 Å². The Hall–Kier alpha value is -5.81. The van der Waals surface area contributed by atoms with Crippen LogP contribution in [0.3, 0.4) is 0 Å². The predicted molar refractivity (Wildman–Crippen MR) is 240 cm³/mol. The van der Waals surface area contributed by atoms with E-state index in [1.54, 1.807) is 0 Å². The zero-order valence-electron chi connectivity index (χ0n) is 33.6. The van der Waals surface area contributed by atoms with Gasteiger partial charge in [0.05, 0.1) is 22.4 Å². The monoisotopic (exact) mass is 745 g/mol. The van der Waals surface area contributed by atoms with Crippen LogP contribution in [0.25, 0.3) is 43.6 Å². The first-order chi connectivity index (χ1) is 26.9. The smallest absolute Gasteiger partial charge is 0.0686 e. The van der Waals surface area contributed by atoms with Crippen LogP contribution in [0.4, 0.5) is 11.4 Å². The van der Waals surface area contributed by atoms with E-state index in [1.807, 2.05) is 11.8 Å². The third kappa shape index (κ3) is 5.96. The second-order valence-corrected chi connectivity index (χ2v) is 18.0. The van der Waals surface area contributed by atoms with Crippen molar-refractivity contribution in [2.75, 3.05) is 5.32 Å². The molecule has 276 valence electrons. The van der Waals surface area contributed by atoms with E-state index in [1.165, 1.54) is 64.5 Å². The molecule has 3 nitrogen and oxygen atoms in total. The molecule has 0 unspecified atom stereocenters. The SMILES string of the molecule is CCn1c2ccccc2c2cccc(C#Cc3cc(C(C)(C)C)cc4c3Nc3c(C#Cc5cccc6c7ccccc7n(CC)c56)cc(C(C)(C)C)cc3S4)c21. The molecule has 9 rings (SSSR count). The summed E-state index contributed by atoms with van der Waals surface area (Å²) in [6, 6.07) is 39.7. The van der Waals surface area contributed by atoms with Crippen molar-refractivity contribution in [3.8, 4) is 23.7 Å². The van der Waals surface area contributed by atoms with Gasteiger partial charge in [-0.05, 0) is 84.3 Å². The first-order valence-electron chi connectivity index (χ1n) is 19.8. The van der Waals surface area contributed by atoms with Crippen molar-refractivity contribution in [3.63, 3.8) is 0 Å². The molecule has 0 aliphatic carbocycles. The van der Waals surface area contributed by atoms with Crippen LogP contribution in [0.15, 0.2) is 119 Å². The van der Waals surface area contributed by atoms with E-state index in [9.17, 15) is 0 Å². The van der Waals surface area contributed by atoms with Gasteiger partial charge in [0.2, 0.25) is 0 Å². The Morgan fingerprint density at radius 1 is 0.482 bits per heavy atom. The Morgan fingerprint density at radius 2 is 0.875 bits per heavy atom. The number of aryl methyl sites for hydroxylation is 2. The molecule has 1 aliphatic heterocycles. The average Bonchev–Trinajstić information content (AvgIpc) is 3.70. The van der Waals surface area contributed by atoms with Crippen molar-refractivity contribution >= 4 is 66.7 Å². The molecule has 0 amide bonds. The molecular weight excluding hydrogens is 699 g/mol. The number of fused-ring (bicyclic) bond motifs is 8. The number of benzene rings is 6. The van der Waals surface area contributed by atoms with Gasteiger partial charge < -0.3 is 14.5 Å². The fourth-order valence-corrected chi connectivity index (χ4v) is 9.44. The maximum Gasteiger partial charge on any atom is 0.0686 e. The molecule has 0 fully saturated rings. The molecule has 0 spiro atoms. The maximum atomic E-state index is 3.93. The summed E-state index contributed by atoms with van der Waals surface area (Å²) >= 11 is 1.83. The number of aromatic nitrogens is 2. The maximum absolute atomic E-state index is 3.93. The highest BCUT2D eigenvalue weighted by atomic mass is 32.2. The Morgan fingerprint density at radius 3 is 1.29 bits per heavy atom. The molecule has 0 atom stereocenters. The largest absolute Gasteiger partial charge is 0.352 e. The van der Waals surface area contributed by atoms with Gasteiger partial charge in [0.1, 0.15) is 0 Å². The fraction of sp³-hybridized carbons (Fsp3) is 0.231. The highest BCUT2D eigenvalue weighted by Crippen LogP contribution is 2.49. The molecule has 8 aromatic rings. The van der Waals surface area contributed by atoms with Crippen LogP contribution in [0.1, 0.15) is 88.8 Å². The standard InChI is InChI=1S/C52H47N3S/c1-9-54-43-23-13-11-19-39(43)41-21-15-17-33(49(41)54)25-27-35-29-37(51(3,4)5)31-45-47(35)53-48-36(30-38(52(6,7)8)32-46(48)56-45)28-26-34-18-16-22-42-40-20-12-14-24-44(40)55(10-2)50(34)42/h11-24,29-32,53H,9-10H2,1-8H3. The lowest BCUT2D eigenvalue weighted by atomic mass is 9.85. The lowest BCUT2D eigenvalue weighted by Crippen LogP contribution is -2.15. The number of rotatable bonds is 2. The molecule has 1 N–H and O–H groups in total. The highest BCUT2D eigenvalue weighted by Gasteiger charge is 2.27. The number of nitrogens with one attached hydrogen (secondary N) is 1. The number of nitrogens with zero attached hydrogens (tertiary/aromatic N) is 2. The second kappa shape index (κ2) is 13.4. The fourth-order valence-electron chi connectivity index (χ4n) is 8.30. The Bertz CT molecular complexity index is 2820. The van der Waals surface area contributed by atoms with Gasteiger partial charge in [-0.3, -0.25) is 0 Å². The first-order valence-corrected chi connectivity index (χ1v) is 20.6. The molecule has 0 saturated carbocycles. The van der Waals surface area contributed by atoms with Gasteiger partial charge in [0, 0.05) is 77.7 Å². The molecular formula is C52H47N3S. The lowest BCUT2D eigenvalue weighted by molar-refractivity contribution is 0.588. The highest BCUT2D eigenvalue weighted by molar-refractivity contribution is 7.99. The molecule has 4 heteroatoms. The third-order valence-electron chi connectivity index (χ3n) is 11.3. The summed E-state index contributed by atoms with van der Waals surface area (Å²) in [5.41, 5.74) is 13.5. The van der Waals surface area contributed by atoms with Gasteiger partial charge in [0.15, 0.2) is 0 Å². The first kappa shape index (κ1) is 35.9. The van der Waals surface area contributed by atoms with Crippen LogP contribution >= 0.6 is 11.8 Å².